The number of amides is 1. The number of aryl methyl sites for hydroxylation is 2. The van der Waals surface area contributed by atoms with Crippen molar-refractivity contribution in [2.75, 3.05) is 0 Å². The summed E-state index contributed by atoms with van der Waals surface area (Å²) < 4.78 is 41.7. The van der Waals surface area contributed by atoms with Gasteiger partial charge in [-0.05, 0) is 30.7 Å². The number of rotatable bonds is 4. The van der Waals surface area contributed by atoms with Gasteiger partial charge >= 0.3 is 6.18 Å². The second-order valence-electron chi connectivity index (χ2n) is 5.94. The van der Waals surface area contributed by atoms with Crippen LogP contribution in [-0.2, 0) is 18.0 Å². The molecule has 0 atom stereocenters. The molecule has 0 saturated carbocycles. The lowest BCUT2D eigenvalue weighted by atomic mass is 10.1. The van der Waals surface area contributed by atoms with Crippen molar-refractivity contribution >= 4 is 17.7 Å². The topological polar surface area (TPSA) is 91.6 Å². The molecule has 0 spiro atoms. The smallest absolute Gasteiger partial charge is 0.366 e. The summed E-state index contributed by atoms with van der Waals surface area (Å²) in [5.74, 6) is -0.606. The summed E-state index contributed by atoms with van der Waals surface area (Å²) in [6.07, 6.45) is 1.22. The molecule has 2 N–H and O–H groups in total. The van der Waals surface area contributed by atoms with Gasteiger partial charge < -0.3 is 5.73 Å². The van der Waals surface area contributed by atoms with E-state index in [2.05, 4.69) is 15.2 Å². The van der Waals surface area contributed by atoms with Crippen LogP contribution in [0, 0.1) is 6.92 Å². The number of halogens is 3. The molecule has 0 aliphatic carbocycles. The summed E-state index contributed by atoms with van der Waals surface area (Å²) in [4.78, 5) is 15.7. The highest BCUT2D eigenvalue weighted by atomic mass is 19.4. The van der Waals surface area contributed by atoms with Crippen LogP contribution in [0.4, 0.5) is 13.2 Å². The van der Waals surface area contributed by atoms with Gasteiger partial charge in [-0.2, -0.15) is 18.3 Å². The van der Waals surface area contributed by atoms with Crippen LogP contribution >= 0.6 is 0 Å². The zero-order chi connectivity index (χ0) is 19.8. The van der Waals surface area contributed by atoms with Gasteiger partial charge in [0.2, 0.25) is 0 Å². The molecule has 0 aliphatic heterocycles. The first kappa shape index (κ1) is 18.4. The third-order valence-corrected chi connectivity index (χ3v) is 3.71. The zero-order valence-electron chi connectivity index (χ0n) is 14.4. The molecule has 3 rings (SSSR count). The van der Waals surface area contributed by atoms with Crippen LogP contribution in [0.15, 0.2) is 36.9 Å². The molecule has 3 aromatic rings. The summed E-state index contributed by atoms with van der Waals surface area (Å²) in [6, 6.07) is 3.58. The van der Waals surface area contributed by atoms with Gasteiger partial charge in [-0.15, -0.1) is 5.10 Å². The Morgan fingerprint density at radius 2 is 2.00 bits per heavy atom. The monoisotopic (exact) mass is 376 g/mol. The van der Waals surface area contributed by atoms with Crippen LogP contribution in [0.3, 0.4) is 0 Å². The van der Waals surface area contributed by atoms with Gasteiger partial charge in [0, 0.05) is 30.6 Å². The number of nitrogens with zero attached hydrogens (tertiary/aromatic N) is 5. The number of benzene rings is 1. The third kappa shape index (κ3) is 4.05. The normalized spacial score (nSPS) is 12.4. The first-order valence-corrected chi connectivity index (χ1v) is 7.74. The van der Waals surface area contributed by atoms with Gasteiger partial charge in [-0.1, -0.05) is 0 Å². The van der Waals surface area contributed by atoms with Crippen molar-refractivity contribution in [1.29, 1.82) is 0 Å². The number of alkyl halides is 3. The number of primary amides is 1. The average molecular weight is 376 g/mol. The molecule has 0 fully saturated rings. The maximum atomic E-state index is 13.0. The van der Waals surface area contributed by atoms with Crippen LogP contribution in [0.2, 0.25) is 0 Å². The highest BCUT2D eigenvalue weighted by Gasteiger charge is 2.31. The minimum absolute atomic E-state index is 0.0930. The number of nitrogens with two attached hydrogens (primary N) is 1. The van der Waals surface area contributed by atoms with E-state index in [0.29, 0.717) is 11.1 Å². The minimum atomic E-state index is -4.47. The predicted octanol–water partition coefficient (Wildman–Crippen LogP) is 2.49. The van der Waals surface area contributed by atoms with Crippen LogP contribution in [0.1, 0.15) is 16.7 Å². The summed E-state index contributed by atoms with van der Waals surface area (Å²) >= 11 is 0. The largest absolute Gasteiger partial charge is 0.416 e. The Kier molecular flexibility index (Phi) is 4.56. The van der Waals surface area contributed by atoms with E-state index in [-0.39, 0.29) is 17.0 Å². The molecular formula is C17H15F3N6O. The fourth-order valence-corrected chi connectivity index (χ4v) is 2.52. The summed E-state index contributed by atoms with van der Waals surface area (Å²) in [5.41, 5.74) is 5.89. The molecule has 27 heavy (non-hydrogen) atoms. The number of hydrogen-bond donors (Lipinski definition) is 1. The van der Waals surface area contributed by atoms with Crippen molar-refractivity contribution < 1.29 is 18.0 Å². The first-order valence-electron chi connectivity index (χ1n) is 7.74. The number of aromatic nitrogens is 5. The van der Waals surface area contributed by atoms with Gasteiger partial charge in [-0.3, -0.25) is 9.48 Å². The SMILES string of the molecule is Cc1cc(-c2ncn(/C=C(/C(N)=O)c3cnn(C)c3)n2)cc(C(F)(F)F)c1. The van der Waals surface area contributed by atoms with Crippen LogP contribution < -0.4 is 5.73 Å². The van der Waals surface area contributed by atoms with Gasteiger partial charge in [0.05, 0.1) is 17.3 Å². The maximum absolute atomic E-state index is 13.0. The number of carbonyl (C=O) groups is 1. The number of carbonyl (C=O) groups excluding carboxylic acids is 1. The van der Waals surface area contributed by atoms with E-state index < -0.39 is 17.6 Å². The highest BCUT2D eigenvalue weighted by molar-refractivity contribution is 6.22. The lowest BCUT2D eigenvalue weighted by molar-refractivity contribution is -0.137. The molecule has 1 amide bonds. The van der Waals surface area contributed by atoms with Crippen molar-refractivity contribution in [3.63, 3.8) is 0 Å². The van der Waals surface area contributed by atoms with E-state index in [1.807, 2.05) is 0 Å². The lowest BCUT2D eigenvalue weighted by Gasteiger charge is -2.09. The minimum Gasteiger partial charge on any atom is -0.366 e. The molecule has 0 aliphatic rings. The molecule has 0 saturated heterocycles. The Hall–Kier alpha value is -3.43. The molecular weight excluding hydrogens is 361 g/mol. The molecule has 2 heterocycles. The molecule has 0 bridgehead atoms. The fourth-order valence-electron chi connectivity index (χ4n) is 2.52. The van der Waals surface area contributed by atoms with Crippen LogP contribution in [0.5, 0.6) is 0 Å². The van der Waals surface area contributed by atoms with Gasteiger partial charge in [0.1, 0.15) is 6.33 Å². The van der Waals surface area contributed by atoms with E-state index in [9.17, 15) is 18.0 Å². The second-order valence-corrected chi connectivity index (χ2v) is 5.94. The quantitative estimate of drug-likeness (QED) is 0.708. The van der Waals surface area contributed by atoms with Crippen molar-refractivity contribution in [3.8, 4) is 11.4 Å². The summed E-state index contributed by atoms with van der Waals surface area (Å²) in [5, 5.41) is 8.10. The van der Waals surface area contributed by atoms with Crippen molar-refractivity contribution in [1.82, 2.24) is 24.5 Å². The van der Waals surface area contributed by atoms with E-state index in [1.165, 1.54) is 28.1 Å². The molecule has 7 nitrogen and oxygen atoms in total. The molecule has 10 heteroatoms. The molecule has 0 radical (unpaired) electrons. The Balaban J connectivity index is 1.99. The standard InChI is InChI=1S/C17H15F3N6O/c1-10-3-11(5-13(4-10)17(18,19)20)16-22-9-26(24-16)8-14(15(21)27)12-6-23-25(2)7-12/h3-9H,1-2H3,(H2,21,27)/b14-8+. The van der Waals surface area contributed by atoms with E-state index >= 15 is 0 Å². The van der Waals surface area contributed by atoms with Gasteiger partial charge in [0.25, 0.3) is 5.91 Å². The van der Waals surface area contributed by atoms with Crippen molar-refractivity contribution in [2.45, 2.75) is 13.1 Å². The maximum Gasteiger partial charge on any atom is 0.416 e. The van der Waals surface area contributed by atoms with E-state index in [4.69, 9.17) is 5.73 Å². The zero-order valence-corrected chi connectivity index (χ0v) is 14.4. The van der Waals surface area contributed by atoms with Crippen molar-refractivity contribution in [2.24, 2.45) is 12.8 Å². The predicted molar refractivity (Wildman–Crippen MR) is 91.8 cm³/mol. The Bertz CT molecular complexity index is 1030. The number of hydrogen-bond acceptors (Lipinski definition) is 4. The van der Waals surface area contributed by atoms with Crippen molar-refractivity contribution in [3.05, 3.63) is 53.6 Å². The van der Waals surface area contributed by atoms with Crippen LogP contribution in [0.25, 0.3) is 23.2 Å². The van der Waals surface area contributed by atoms with Gasteiger partial charge in [-0.25, -0.2) is 9.67 Å². The van der Waals surface area contributed by atoms with Gasteiger partial charge in [0.15, 0.2) is 5.82 Å². The second kappa shape index (κ2) is 6.71. The van der Waals surface area contributed by atoms with Crippen LogP contribution in [-0.4, -0.2) is 30.5 Å². The molecule has 1 aromatic carbocycles. The first-order chi connectivity index (χ1) is 12.6. The van der Waals surface area contributed by atoms with E-state index in [1.54, 1.807) is 26.2 Å². The Morgan fingerprint density at radius 3 is 2.59 bits per heavy atom. The summed E-state index contributed by atoms with van der Waals surface area (Å²) in [7, 11) is 1.69. The lowest BCUT2D eigenvalue weighted by Crippen LogP contribution is -2.13. The highest BCUT2D eigenvalue weighted by Crippen LogP contribution is 2.32. The third-order valence-electron chi connectivity index (χ3n) is 3.71. The Morgan fingerprint density at radius 1 is 1.26 bits per heavy atom. The average Bonchev–Trinajstić information content (AvgIpc) is 3.20. The molecule has 0 unspecified atom stereocenters. The molecule has 140 valence electrons. The fraction of sp³-hybridized carbons (Fsp3) is 0.176. The Labute approximate surface area is 151 Å². The van der Waals surface area contributed by atoms with E-state index in [0.717, 1.165) is 12.1 Å². The summed E-state index contributed by atoms with van der Waals surface area (Å²) in [6.45, 7) is 1.56. The molecule has 2 aromatic heterocycles.